The Morgan fingerprint density at radius 3 is 2.00 bits per heavy atom. The van der Waals surface area contributed by atoms with Gasteiger partial charge in [0.05, 0.1) is 0 Å². The molecule has 1 fully saturated rings. The number of amides is 1. The highest BCUT2D eigenvalue weighted by molar-refractivity contribution is 5.73. The predicted molar refractivity (Wildman–Crippen MR) is 48.0 cm³/mol. The van der Waals surface area contributed by atoms with Crippen molar-refractivity contribution in [1.29, 1.82) is 0 Å². The maximum absolute atomic E-state index is 11.3. The summed E-state index contributed by atoms with van der Waals surface area (Å²) >= 11 is 0. The van der Waals surface area contributed by atoms with Gasteiger partial charge in [0, 0.05) is 21.1 Å². The van der Waals surface area contributed by atoms with Crippen molar-refractivity contribution in [2.24, 2.45) is 0 Å². The van der Waals surface area contributed by atoms with Crippen LogP contribution >= 0.6 is 0 Å². The number of likely N-dealkylation sites (tertiary alicyclic amines) is 1. The van der Waals surface area contributed by atoms with Crippen LogP contribution < -0.4 is 0 Å². The van der Waals surface area contributed by atoms with Gasteiger partial charge in [-0.15, -0.1) is 0 Å². The molecule has 0 aromatic carbocycles. The van der Waals surface area contributed by atoms with Gasteiger partial charge in [0.2, 0.25) is 5.91 Å². The van der Waals surface area contributed by atoms with Crippen LogP contribution in [-0.2, 0) is 14.3 Å². The van der Waals surface area contributed by atoms with Crippen LogP contribution in [0, 0.1) is 0 Å². The lowest BCUT2D eigenvalue weighted by atomic mass is 10.1. The van der Waals surface area contributed by atoms with Crippen molar-refractivity contribution in [3.05, 3.63) is 0 Å². The average molecular weight is 187 g/mol. The predicted octanol–water partition coefficient (Wildman–Crippen LogP) is 0.964. The number of piperidine rings is 1. The maximum atomic E-state index is 11.3. The van der Waals surface area contributed by atoms with E-state index >= 15 is 0 Å². The van der Waals surface area contributed by atoms with E-state index in [2.05, 4.69) is 0 Å². The van der Waals surface area contributed by atoms with Crippen molar-refractivity contribution in [2.75, 3.05) is 14.2 Å². The number of ether oxygens (including phenoxy) is 2. The molecule has 0 aromatic heterocycles. The lowest BCUT2D eigenvalue weighted by molar-refractivity contribution is -0.178. The van der Waals surface area contributed by atoms with E-state index < -0.39 is 0 Å². The van der Waals surface area contributed by atoms with E-state index in [0.717, 1.165) is 19.3 Å². The van der Waals surface area contributed by atoms with Crippen molar-refractivity contribution < 1.29 is 14.3 Å². The van der Waals surface area contributed by atoms with Gasteiger partial charge in [0.15, 0.2) is 0 Å². The summed E-state index contributed by atoms with van der Waals surface area (Å²) in [4.78, 5) is 13.0. The molecule has 0 spiro atoms. The molecule has 1 saturated heterocycles. The number of carbonyl (C=O) groups is 1. The fourth-order valence-corrected chi connectivity index (χ4v) is 1.80. The number of hydrogen-bond acceptors (Lipinski definition) is 3. The second kappa shape index (κ2) is 4.58. The lowest BCUT2D eigenvalue weighted by Crippen LogP contribution is -2.50. The average Bonchev–Trinajstić information content (AvgIpc) is 2.16. The van der Waals surface area contributed by atoms with E-state index in [1.165, 1.54) is 0 Å². The fourth-order valence-electron chi connectivity index (χ4n) is 1.80. The molecule has 0 bridgehead atoms. The highest BCUT2D eigenvalue weighted by Gasteiger charge is 2.32. The molecule has 4 nitrogen and oxygen atoms in total. The van der Waals surface area contributed by atoms with Gasteiger partial charge in [0.25, 0.3) is 0 Å². The van der Waals surface area contributed by atoms with Gasteiger partial charge in [-0.1, -0.05) is 0 Å². The van der Waals surface area contributed by atoms with Crippen LogP contribution in [0.4, 0.5) is 0 Å². The minimum Gasteiger partial charge on any atom is -0.361 e. The number of methoxy groups -OCH3 is 2. The van der Waals surface area contributed by atoms with Crippen molar-refractivity contribution in [3.8, 4) is 0 Å². The van der Waals surface area contributed by atoms with Gasteiger partial charge < -0.3 is 9.47 Å². The molecule has 4 heteroatoms. The van der Waals surface area contributed by atoms with Gasteiger partial charge in [-0.3, -0.25) is 9.69 Å². The zero-order chi connectivity index (χ0) is 9.84. The summed E-state index contributed by atoms with van der Waals surface area (Å²) in [7, 11) is 3.25. The molecular formula is C9H17NO3. The Labute approximate surface area is 78.8 Å². The van der Waals surface area contributed by atoms with Crippen LogP contribution in [0.1, 0.15) is 26.2 Å². The summed E-state index contributed by atoms with van der Waals surface area (Å²) in [6.07, 6.45) is 2.61. The second-order valence-corrected chi connectivity index (χ2v) is 3.24. The summed E-state index contributed by atoms with van der Waals surface area (Å²) in [5.41, 5.74) is 0. The van der Waals surface area contributed by atoms with E-state index in [9.17, 15) is 4.79 Å². The summed E-state index contributed by atoms with van der Waals surface area (Å²) in [6.45, 7) is 1.54. The van der Waals surface area contributed by atoms with Crippen molar-refractivity contribution in [3.63, 3.8) is 0 Å². The first-order chi connectivity index (χ1) is 6.20. The molecule has 1 aliphatic rings. The molecule has 1 heterocycles. The van der Waals surface area contributed by atoms with E-state index in [-0.39, 0.29) is 18.4 Å². The molecule has 0 aliphatic carbocycles. The Bertz CT molecular complexity index is 172. The molecule has 1 rings (SSSR count). The summed E-state index contributed by atoms with van der Waals surface area (Å²) in [5.74, 6) is 0.0124. The van der Waals surface area contributed by atoms with E-state index in [1.807, 2.05) is 0 Å². The number of hydrogen-bond donors (Lipinski definition) is 0. The minimum absolute atomic E-state index is 0.0124. The van der Waals surface area contributed by atoms with Crippen molar-refractivity contribution in [1.82, 2.24) is 4.90 Å². The zero-order valence-electron chi connectivity index (χ0n) is 8.45. The third kappa shape index (κ3) is 2.19. The molecule has 0 saturated carbocycles. The Hall–Kier alpha value is -0.610. The first kappa shape index (κ1) is 10.5. The van der Waals surface area contributed by atoms with E-state index in [0.29, 0.717) is 0 Å². The summed E-state index contributed by atoms with van der Waals surface area (Å²) in [5, 5.41) is 0. The van der Waals surface area contributed by atoms with Gasteiger partial charge in [0.1, 0.15) is 12.5 Å². The topological polar surface area (TPSA) is 38.8 Å². The van der Waals surface area contributed by atoms with Crippen LogP contribution in [0.5, 0.6) is 0 Å². The van der Waals surface area contributed by atoms with Gasteiger partial charge in [-0.25, -0.2) is 0 Å². The molecule has 0 radical (unpaired) electrons. The lowest BCUT2D eigenvalue weighted by Gasteiger charge is -2.39. The van der Waals surface area contributed by atoms with Crippen LogP contribution in [0.3, 0.4) is 0 Å². The zero-order valence-corrected chi connectivity index (χ0v) is 8.45. The first-order valence-corrected chi connectivity index (χ1v) is 4.55. The molecule has 0 aromatic rings. The van der Waals surface area contributed by atoms with Crippen LogP contribution in [-0.4, -0.2) is 37.5 Å². The van der Waals surface area contributed by atoms with E-state index in [1.54, 1.807) is 26.0 Å². The highest BCUT2D eigenvalue weighted by atomic mass is 16.5. The Morgan fingerprint density at radius 2 is 1.69 bits per heavy atom. The molecule has 1 aliphatic heterocycles. The smallest absolute Gasteiger partial charge is 0.223 e. The molecule has 2 atom stereocenters. The Balaban J connectivity index is 2.69. The third-order valence-electron chi connectivity index (χ3n) is 2.43. The molecule has 0 unspecified atom stereocenters. The van der Waals surface area contributed by atoms with Crippen LogP contribution in [0.15, 0.2) is 0 Å². The second-order valence-electron chi connectivity index (χ2n) is 3.24. The first-order valence-electron chi connectivity index (χ1n) is 4.55. The third-order valence-corrected chi connectivity index (χ3v) is 2.43. The quantitative estimate of drug-likeness (QED) is 0.646. The van der Waals surface area contributed by atoms with Crippen molar-refractivity contribution >= 4 is 5.91 Å². The fraction of sp³-hybridized carbons (Fsp3) is 0.889. The van der Waals surface area contributed by atoms with Gasteiger partial charge in [-0.05, 0) is 19.3 Å². The molecular weight excluding hydrogens is 170 g/mol. The molecule has 0 N–H and O–H groups in total. The Morgan fingerprint density at radius 1 is 1.23 bits per heavy atom. The molecule has 13 heavy (non-hydrogen) atoms. The molecule has 1 amide bonds. The number of rotatable bonds is 2. The Kier molecular flexibility index (Phi) is 3.69. The standard InChI is InChI=1S/C9H17NO3/c1-7(11)10-8(12-2)5-4-6-9(10)13-3/h8-9H,4-6H2,1-3H3/t8-,9-/m0/s1. The van der Waals surface area contributed by atoms with Crippen molar-refractivity contribution in [2.45, 2.75) is 38.6 Å². The van der Waals surface area contributed by atoms with Crippen LogP contribution in [0.2, 0.25) is 0 Å². The van der Waals surface area contributed by atoms with Crippen LogP contribution in [0.25, 0.3) is 0 Å². The minimum atomic E-state index is -0.115. The summed E-state index contributed by atoms with van der Waals surface area (Å²) in [6, 6.07) is 0. The maximum Gasteiger partial charge on any atom is 0.223 e. The van der Waals surface area contributed by atoms with Gasteiger partial charge in [-0.2, -0.15) is 0 Å². The van der Waals surface area contributed by atoms with Gasteiger partial charge >= 0.3 is 0 Å². The number of carbonyl (C=O) groups excluding carboxylic acids is 1. The monoisotopic (exact) mass is 187 g/mol. The summed E-state index contributed by atoms with van der Waals surface area (Å²) < 4.78 is 10.4. The SMILES string of the molecule is CO[C@H]1CCC[C@H](OC)N1C(C)=O. The highest BCUT2D eigenvalue weighted by Crippen LogP contribution is 2.23. The van der Waals surface area contributed by atoms with E-state index in [4.69, 9.17) is 9.47 Å². The number of nitrogens with zero attached hydrogens (tertiary/aromatic N) is 1. The largest absolute Gasteiger partial charge is 0.361 e. The molecule has 76 valence electrons. The normalized spacial score (nSPS) is 29.0.